The van der Waals surface area contributed by atoms with Gasteiger partial charge in [0.2, 0.25) is 0 Å². The summed E-state index contributed by atoms with van der Waals surface area (Å²) in [7, 11) is 0. The van der Waals surface area contributed by atoms with Crippen molar-refractivity contribution < 1.29 is 14.3 Å². The molecule has 0 spiro atoms. The summed E-state index contributed by atoms with van der Waals surface area (Å²) < 4.78 is 11.7. The van der Waals surface area contributed by atoms with Crippen LogP contribution >= 0.6 is 11.6 Å². The summed E-state index contributed by atoms with van der Waals surface area (Å²) in [6.07, 6.45) is 0.703. The van der Waals surface area contributed by atoms with Gasteiger partial charge in [0.15, 0.2) is 6.61 Å². The van der Waals surface area contributed by atoms with Gasteiger partial charge in [-0.05, 0) is 63.9 Å². The van der Waals surface area contributed by atoms with Crippen LogP contribution in [0.15, 0.2) is 30.3 Å². The molecule has 1 N–H and O–H groups in total. The highest BCUT2D eigenvalue weighted by molar-refractivity contribution is 6.32. The summed E-state index contributed by atoms with van der Waals surface area (Å²) in [6, 6.07) is 9.65. The van der Waals surface area contributed by atoms with Crippen LogP contribution in [0, 0.1) is 20.8 Å². The fourth-order valence-corrected chi connectivity index (χ4v) is 3.59. The van der Waals surface area contributed by atoms with Crippen molar-refractivity contribution in [2.45, 2.75) is 52.7 Å². The molecule has 2 aromatic carbocycles. The molecule has 0 radical (unpaired) electrons. The molecule has 0 bridgehead atoms. The van der Waals surface area contributed by atoms with Gasteiger partial charge >= 0.3 is 0 Å². The van der Waals surface area contributed by atoms with Gasteiger partial charge in [0.25, 0.3) is 5.91 Å². The number of carbonyl (C=O) groups is 1. The summed E-state index contributed by atoms with van der Waals surface area (Å²) in [4.78, 5) is 12.5. The number of carbonyl (C=O) groups excluding carboxylic acids is 1. The van der Waals surface area contributed by atoms with Crippen LogP contribution in [0.5, 0.6) is 11.5 Å². The second-order valence-electron chi connectivity index (χ2n) is 7.89. The molecule has 144 valence electrons. The monoisotopic (exact) mass is 387 g/mol. The molecule has 1 aliphatic rings. The molecule has 5 heteroatoms. The number of fused-ring (bicyclic) bond motifs is 1. The minimum Gasteiger partial charge on any atom is -0.487 e. The van der Waals surface area contributed by atoms with Crippen LogP contribution in [0.3, 0.4) is 0 Å². The van der Waals surface area contributed by atoms with Crippen molar-refractivity contribution in [2.24, 2.45) is 0 Å². The van der Waals surface area contributed by atoms with Crippen molar-refractivity contribution in [2.75, 3.05) is 6.61 Å². The van der Waals surface area contributed by atoms with Gasteiger partial charge in [0, 0.05) is 17.0 Å². The van der Waals surface area contributed by atoms with Crippen molar-refractivity contribution in [3.63, 3.8) is 0 Å². The van der Waals surface area contributed by atoms with Crippen molar-refractivity contribution in [1.82, 2.24) is 5.32 Å². The van der Waals surface area contributed by atoms with Crippen molar-refractivity contribution >= 4 is 17.5 Å². The molecule has 0 fully saturated rings. The second kappa shape index (κ2) is 7.43. The average Bonchev–Trinajstić information content (AvgIpc) is 2.57. The molecule has 3 rings (SSSR count). The Hall–Kier alpha value is -2.20. The van der Waals surface area contributed by atoms with Gasteiger partial charge in [-0.15, -0.1) is 0 Å². The van der Waals surface area contributed by atoms with Crippen molar-refractivity contribution in [3.8, 4) is 11.5 Å². The first-order chi connectivity index (χ1) is 12.6. The molecule has 1 heterocycles. The number of hydrogen-bond acceptors (Lipinski definition) is 3. The number of rotatable bonds is 4. The Kier molecular flexibility index (Phi) is 5.38. The molecule has 1 unspecified atom stereocenters. The Labute approximate surface area is 165 Å². The Bertz CT molecular complexity index is 853. The van der Waals surface area contributed by atoms with Crippen molar-refractivity contribution in [3.05, 3.63) is 57.6 Å². The number of halogens is 1. The highest BCUT2D eigenvalue weighted by atomic mass is 35.5. The van der Waals surface area contributed by atoms with Crippen LogP contribution in [0.2, 0.25) is 5.02 Å². The number of benzene rings is 2. The summed E-state index contributed by atoms with van der Waals surface area (Å²) in [6.45, 7) is 9.90. The summed E-state index contributed by atoms with van der Waals surface area (Å²) in [5.41, 5.74) is 3.68. The summed E-state index contributed by atoms with van der Waals surface area (Å²) >= 11 is 6.18. The third kappa shape index (κ3) is 4.56. The molecule has 0 saturated carbocycles. The lowest BCUT2D eigenvalue weighted by molar-refractivity contribution is -0.124. The van der Waals surface area contributed by atoms with Crippen LogP contribution in [-0.2, 0) is 4.79 Å². The van der Waals surface area contributed by atoms with Gasteiger partial charge < -0.3 is 14.8 Å². The molecule has 1 atom stereocenters. The van der Waals surface area contributed by atoms with Crippen LogP contribution in [0.4, 0.5) is 0 Å². The highest BCUT2D eigenvalue weighted by Crippen LogP contribution is 2.39. The fraction of sp³-hybridized carbons (Fsp3) is 0.409. The molecule has 0 aliphatic carbocycles. The topological polar surface area (TPSA) is 47.6 Å². The normalized spacial score (nSPS) is 17.6. The molecule has 4 nitrogen and oxygen atoms in total. The zero-order valence-electron chi connectivity index (χ0n) is 16.5. The number of aryl methyl sites for hydroxylation is 3. The first kappa shape index (κ1) is 19.6. The minimum atomic E-state index is -0.342. The zero-order valence-corrected chi connectivity index (χ0v) is 17.2. The number of amides is 1. The van der Waals surface area contributed by atoms with E-state index >= 15 is 0 Å². The number of nitrogens with one attached hydrogen (secondary N) is 1. The Morgan fingerprint density at radius 1 is 1.22 bits per heavy atom. The first-order valence-electron chi connectivity index (χ1n) is 9.13. The van der Waals surface area contributed by atoms with E-state index in [0.29, 0.717) is 12.2 Å². The van der Waals surface area contributed by atoms with E-state index in [-0.39, 0.29) is 24.2 Å². The SMILES string of the molecule is Cc1ccc2c(c1)C(NC(=O)COc1cc(C)c(Cl)c(C)c1)CC(C)(C)O2. The lowest BCUT2D eigenvalue weighted by atomic mass is 9.89. The molecule has 0 saturated heterocycles. The smallest absolute Gasteiger partial charge is 0.258 e. The second-order valence-corrected chi connectivity index (χ2v) is 8.26. The van der Waals surface area contributed by atoms with E-state index in [9.17, 15) is 4.79 Å². The summed E-state index contributed by atoms with van der Waals surface area (Å²) in [5.74, 6) is 1.32. The van der Waals surface area contributed by atoms with E-state index in [2.05, 4.69) is 11.4 Å². The highest BCUT2D eigenvalue weighted by Gasteiger charge is 2.34. The van der Waals surface area contributed by atoms with E-state index in [1.807, 2.05) is 58.9 Å². The Morgan fingerprint density at radius 3 is 2.56 bits per heavy atom. The molecule has 0 aromatic heterocycles. The fourth-order valence-electron chi connectivity index (χ4n) is 3.48. The third-order valence-corrected chi connectivity index (χ3v) is 5.33. The molecule has 1 aliphatic heterocycles. The number of ether oxygens (including phenoxy) is 2. The maximum absolute atomic E-state index is 12.5. The standard InChI is InChI=1S/C22H26ClNO3/c1-13-6-7-19-17(8-13)18(11-22(4,5)27-19)24-20(25)12-26-16-9-14(2)21(23)15(3)10-16/h6-10,18H,11-12H2,1-5H3,(H,24,25). The van der Waals surface area contributed by atoms with Gasteiger partial charge in [-0.25, -0.2) is 0 Å². The molecule has 2 aromatic rings. The van der Waals surface area contributed by atoms with E-state index < -0.39 is 0 Å². The van der Waals surface area contributed by atoms with Crippen LogP contribution < -0.4 is 14.8 Å². The van der Waals surface area contributed by atoms with Crippen LogP contribution in [-0.4, -0.2) is 18.1 Å². The molecular formula is C22H26ClNO3. The maximum atomic E-state index is 12.5. The minimum absolute atomic E-state index is 0.0422. The molecule has 27 heavy (non-hydrogen) atoms. The zero-order chi connectivity index (χ0) is 19.8. The predicted molar refractivity (Wildman–Crippen MR) is 108 cm³/mol. The van der Waals surface area contributed by atoms with E-state index in [0.717, 1.165) is 33.0 Å². The van der Waals surface area contributed by atoms with E-state index in [4.69, 9.17) is 21.1 Å². The van der Waals surface area contributed by atoms with Gasteiger partial charge in [0.1, 0.15) is 17.1 Å². The van der Waals surface area contributed by atoms with Gasteiger partial charge in [-0.3, -0.25) is 4.79 Å². The largest absolute Gasteiger partial charge is 0.487 e. The summed E-state index contributed by atoms with van der Waals surface area (Å²) in [5, 5.41) is 3.82. The lowest BCUT2D eigenvalue weighted by Gasteiger charge is -2.38. The molecule has 1 amide bonds. The van der Waals surface area contributed by atoms with Crippen LogP contribution in [0.25, 0.3) is 0 Å². The Balaban J connectivity index is 1.70. The van der Waals surface area contributed by atoms with E-state index in [1.54, 1.807) is 0 Å². The van der Waals surface area contributed by atoms with Gasteiger partial charge in [0.05, 0.1) is 6.04 Å². The lowest BCUT2D eigenvalue weighted by Crippen LogP contribution is -2.42. The molecular weight excluding hydrogens is 362 g/mol. The van der Waals surface area contributed by atoms with Crippen molar-refractivity contribution in [1.29, 1.82) is 0 Å². The van der Waals surface area contributed by atoms with Gasteiger partial charge in [-0.2, -0.15) is 0 Å². The maximum Gasteiger partial charge on any atom is 0.258 e. The number of hydrogen-bond donors (Lipinski definition) is 1. The predicted octanol–water partition coefficient (Wildman–Crippen LogP) is 5.06. The quantitative estimate of drug-likeness (QED) is 0.797. The average molecular weight is 388 g/mol. The first-order valence-corrected chi connectivity index (χ1v) is 9.51. The third-order valence-electron chi connectivity index (χ3n) is 4.74. The van der Waals surface area contributed by atoms with E-state index in [1.165, 1.54) is 0 Å². The van der Waals surface area contributed by atoms with Gasteiger partial charge in [-0.1, -0.05) is 29.3 Å². The Morgan fingerprint density at radius 2 is 1.89 bits per heavy atom. The van der Waals surface area contributed by atoms with Crippen LogP contribution in [0.1, 0.15) is 48.6 Å².